The Hall–Kier alpha value is -2.17. The maximum absolute atomic E-state index is 12.7. The molecule has 0 aliphatic heterocycles. The number of aromatic nitrogens is 2. The number of carboxylic acids is 1. The number of hydrogen-bond acceptors (Lipinski definition) is 2. The largest absolute Gasteiger partial charge is 0.481 e. The average molecular weight is 234 g/mol. The van der Waals surface area contributed by atoms with E-state index >= 15 is 0 Å². The van der Waals surface area contributed by atoms with Crippen LogP contribution >= 0.6 is 0 Å². The Balaban J connectivity index is 2.29. The number of carbonyl (C=O) groups is 1. The lowest BCUT2D eigenvalue weighted by Gasteiger charge is -2.02. The topological polar surface area (TPSA) is 55.1 Å². The molecule has 1 unspecified atom stereocenters. The molecule has 1 aromatic heterocycles. The molecule has 0 aliphatic rings. The van der Waals surface area contributed by atoms with E-state index in [9.17, 15) is 9.18 Å². The Kier molecular flexibility index (Phi) is 2.91. The molecule has 1 atom stereocenters. The van der Waals surface area contributed by atoms with Gasteiger partial charge in [-0.2, -0.15) is 5.10 Å². The Bertz CT molecular complexity index is 534. The van der Waals surface area contributed by atoms with E-state index in [1.165, 1.54) is 23.0 Å². The highest BCUT2D eigenvalue weighted by Crippen LogP contribution is 2.16. The van der Waals surface area contributed by atoms with Crippen LogP contribution in [0, 0.1) is 5.82 Å². The summed E-state index contributed by atoms with van der Waals surface area (Å²) < 4.78 is 14.3. The van der Waals surface area contributed by atoms with E-state index < -0.39 is 11.9 Å². The van der Waals surface area contributed by atoms with E-state index in [-0.39, 0.29) is 5.82 Å². The van der Waals surface area contributed by atoms with Crippen molar-refractivity contribution in [1.29, 1.82) is 0 Å². The average Bonchev–Trinajstić information content (AvgIpc) is 2.78. The van der Waals surface area contributed by atoms with Crippen LogP contribution in [0.2, 0.25) is 0 Å². The van der Waals surface area contributed by atoms with Gasteiger partial charge in [0.2, 0.25) is 0 Å². The second-order valence-corrected chi connectivity index (χ2v) is 3.75. The van der Waals surface area contributed by atoms with Gasteiger partial charge in [0.15, 0.2) is 0 Å². The summed E-state index contributed by atoms with van der Waals surface area (Å²) in [5, 5.41) is 12.9. The quantitative estimate of drug-likeness (QED) is 0.885. The summed E-state index contributed by atoms with van der Waals surface area (Å²) in [7, 11) is 0. The Labute approximate surface area is 97.3 Å². The van der Waals surface area contributed by atoms with E-state index in [0.29, 0.717) is 11.3 Å². The van der Waals surface area contributed by atoms with Gasteiger partial charge >= 0.3 is 5.97 Å². The molecule has 0 saturated carbocycles. The van der Waals surface area contributed by atoms with Gasteiger partial charge in [-0.1, -0.05) is 0 Å². The summed E-state index contributed by atoms with van der Waals surface area (Å²) in [6.45, 7) is 1.59. The Morgan fingerprint density at radius 3 is 2.65 bits per heavy atom. The number of benzene rings is 1. The number of nitrogens with zero attached hydrogens (tertiary/aromatic N) is 2. The van der Waals surface area contributed by atoms with Gasteiger partial charge in [0, 0.05) is 11.8 Å². The minimum absolute atomic E-state index is 0.319. The van der Waals surface area contributed by atoms with Crippen LogP contribution in [0.4, 0.5) is 4.39 Å². The van der Waals surface area contributed by atoms with Gasteiger partial charge in [-0.3, -0.25) is 4.79 Å². The molecule has 4 nitrogen and oxygen atoms in total. The van der Waals surface area contributed by atoms with Crippen molar-refractivity contribution in [3.05, 3.63) is 48.0 Å². The lowest BCUT2D eigenvalue weighted by atomic mass is 10.1. The van der Waals surface area contributed by atoms with Gasteiger partial charge in [0.05, 0.1) is 17.8 Å². The van der Waals surface area contributed by atoms with Crippen molar-refractivity contribution in [2.24, 2.45) is 0 Å². The lowest BCUT2D eigenvalue weighted by Crippen LogP contribution is -2.06. The normalized spacial score (nSPS) is 12.4. The Morgan fingerprint density at radius 1 is 1.41 bits per heavy atom. The van der Waals surface area contributed by atoms with Crippen LogP contribution in [0.3, 0.4) is 0 Å². The standard InChI is InChI=1S/C12H11FN2O2/c1-8(12(16)17)9-6-14-15(7-9)11-4-2-10(13)3-5-11/h2-8H,1H3,(H,16,17). The first-order chi connectivity index (χ1) is 8.08. The van der Waals surface area contributed by atoms with Crippen molar-refractivity contribution in [3.63, 3.8) is 0 Å². The van der Waals surface area contributed by atoms with Crippen LogP contribution in [0.5, 0.6) is 0 Å². The van der Waals surface area contributed by atoms with Crippen molar-refractivity contribution in [2.75, 3.05) is 0 Å². The zero-order valence-corrected chi connectivity index (χ0v) is 9.17. The number of aliphatic carboxylic acids is 1. The predicted molar refractivity (Wildman–Crippen MR) is 59.6 cm³/mol. The fourth-order valence-corrected chi connectivity index (χ4v) is 1.44. The molecule has 5 heteroatoms. The smallest absolute Gasteiger partial charge is 0.310 e. The fourth-order valence-electron chi connectivity index (χ4n) is 1.44. The van der Waals surface area contributed by atoms with E-state index in [1.54, 1.807) is 25.3 Å². The van der Waals surface area contributed by atoms with Crippen LogP contribution < -0.4 is 0 Å². The highest BCUT2D eigenvalue weighted by molar-refractivity contribution is 5.75. The Morgan fingerprint density at radius 2 is 2.06 bits per heavy atom. The van der Waals surface area contributed by atoms with Crippen LogP contribution in [0.25, 0.3) is 5.69 Å². The third-order valence-electron chi connectivity index (χ3n) is 2.56. The number of carboxylic acid groups (broad SMARTS) is 1. The third kappa shape index (κ3) is 2.33. The molecule has 0 radical (unpaired) electrons. The molecule has 2 aromatic rings. The molecule has 0 aliphatic carbocycles. The first kappa shape index (κ1) is 11.3. The van der Waals surface area contributed by atoms with Crippen molar-refractivity contribution in [3.8, 4) is 5.69 Å². The summed E-state index contributed by atoms with van der Waals surface area (Å²) in [4.78, 5) is 10.8. The molecule has 17 heavy (non-hydrogen) atoms. The molecule has 1 aromatic carbocycles. The van der Waals surface area contributed by atoms with Gasteiger partial charge in [-0.05, 0) is 31.2 Å². The molecule has 0 bridgehead atoms. The SMILES string of the molecule is CC(C(=O)O)c1cnn(-c2ccc(F)cc2)c1. The van der Waals surface area contributed by atoms with Crippen LogP contribution in [0.15, 0.2) is 36.7 Å². The first-order valence-corrected chi connectivity index (χ1v) is 5.11. The third-order valence-corrected chi connectivity index (χ3v) is 2.56. The molecule has 0 amide bonds. The van der Waals surface area contributed by atoms with E-state index in [1.807, 2.05) is 0 Å². The monoisotopic (exact) mass is 234 g/mol. The summed E-state index contributed by atoms with van der Waals surface area (Å²) in [6.07, 6.45) is 3.13. The minimum atomic E-state index is -0.899. The number of rotatable bonds is 3. The van der Waals surface area contributed by atoms with Crippen molar-refractivity contribution in [2.45, 2.75) is 12.8 Å². The molecule has 2 rings (SSSR count). The second kappa shape index (κ2) is 4.37. The van der Waals surface area contributed by atoms with Gasteiger partial charge in [0.1, 0.15) is 5.82 Å². The molecule has 0 spiro atoms. The minimum Gasteiger partial charge on any atom is -0.481 e. The van der Waals surface area contributed by atoms with E-state index in [2.05, 4.69) is 5.10 Å². The zero-order chi connectivity index (χ0) is 12.4. The van der Waals surface area contributed by atoms with Gasteiger partial charge in [0.25, 0.3) is 0 Å². The van der Waals surface area contributed by atoms with Crippen molar-refractivity contribution < 1.29 is 14.3 Å². The van der Waals surface area contributed by atoms with Gasteiger partial charge < -0.3 is 5.11 Å². The summed E-state index contributed by atoms with van der Waals surface area (Å²) in [5.74, 6) is -1.83. The van der Waals surface area contributed by atoms with E-state index in [4.69, 9.17) is 5.11 Å². The molecule has 1 heterocycles. The van der Waals surface area contributed by atoms with Crippen LogP contribution in [-0.2, 0) is 4.79 Å². The van der Waals surface area contributed by atoms with Crippen LogP contribution in [0.1, 0.15) is 18.4 Å². The molecule has 0 fully saturated rings. The van der Waals surface area contributed by atoms with Crippen LogP contribution in [-0.4, -0.2) is 20.9 Å². The number of halogens is 1. The second-order valence-electron chi connectivity index (χ2n) is 3.75. The maximum Gasteiger partial charge on any atom is 0.310 e. The predicted octanol–water partition coefficient (Wildman–Crippen LogP) is 2.20. The highest BCUT2D eigenvalue weighted by atomic mass is 19.1. The molecule has 88 valence electrons. The first-order valence-electron chi connectivity index (χ1n) is 5.11. The molecule has 0 saturated heterocycles. The summed E-state index contributed by atoms with van der Waals surface area (Å²) in [5.41, 5.74) is 1.30. The lowest BCUT2D eigenvalue weighted by molar-refractivity contribution is -0.138. The molecular formula is C12H11FN2O2. The van der Waals surface area contributed by atoms with Crippen molar-refractivity contribution >= 4 is 5.97 Å². The molecular weight excluding hydrogens is 223 g/mol. The zero-order valence-electron chi connectivity index (χ0n) is 9.17. The summed E-state index contributed by atoms with van der Waals surface area (Å²) in [6, 6.07) is 5.82. The van der Waals surface area contributed by atoms with Gasteiger partial charge in [-0.25, -0.2) is 9.07 Å². The van der Waals surface area contributed by atoms with E-state index in [0.717, 1.165) is 0 Å². The summed E-state index contributed by atoms with van der Waals surface area (Å²) >= 11 is 0. The fraction of sp³-hybridized carbons (Fsp3) is 0.167. The maximum atomic E-state index is 12.7. The van der Waals surface area contributed by atoms with Gasteiger partial charge in [-0.15, -0.1) is 0 Å². The number of hydrogen-bond donors (Lipinski definition) is 1. The van der Waals surface area contributed by atoms with Crippen molar-refractivity contribution in [1.82, 2.24) is 9.78 Å². The highest BCUT2D eigenvalue weighted by Gasteiger charge is 2.15. The molecule has 1 N–H and O–H groups in total.